The van der Waals surface area contributed by atoms with Gasteiger partial charge in [0.15, 0.2) is 0 Å². The third-order valence-electron chi connectivity index (χ3n) is 2.99. The Morgan fingerprint density at radius 2 is 2.17 bits per heavy atom. The predicted molar refractivity (Wildman–Crippen MR) is 63.2 cm³/mol. The Kier molecular flexibility index (Phi) is 3.78. The van der Waals surface area contributed by atoms with Gasteiger partial charge in [0.2, 0.25) is 0 Å². The number of pyridine rings is 1. The van der Waals surface area contributed by atoms with Crippen LogP contribution in [0.1, 0.15) is 23.2 Å². The van der Waals surface area contributed by atoms with Crippen molar-refractivity contribution in [3.05, 3.63) is 24.0 Å². The highest BCUT2D eigenvalue weighted by Crippen LogP contribution is 2.19. The summed E-state index contributed by atoms with van der Waals surface area (Å²) in [4.78, 5) is 15.5. The van der Waals surface area contributed by atoms with Gasteiger partial charge in [-0.15, -0.1) is 0 Å². The number of nitrogens with one attached hydrogen (secondary N) is 1. The van der Waals surface area contributed by atoms with Crippen LogP contribution < -0.4 is 5.32 Å². The molecule has 1 aliphatic heterocycles. The molecular weight excluding hydrogens is 236 g/mol. The highest BCUT2D eigenvalue weighted by atomic mass is 16.5. The van der Waals surface area contributed by atoms with Crippen LogP contribution in [0, 0.1) is 0 Å². The smallest absolute Gasteiger partial charge is 0.253 e. The molecule has 1 saturated heterocycles. The number of ether oxygens (including phenoxy) is 1. The number of aliphatic hydroxyl groups is 1. The number of amides is 1. The predicted octanol–water partition coefficient (Wildman–Crippen LogP) is 0.0585. The minimum absolute atomic E-state index is 0.0626. The molecule has 1 amide bonds. The van der Waals surface area contributed by atoms with Crippen molar-refractivity contribution in [2.24, 2.45) is 0 Å². The Morgan fingerprint density at radius 1 is 1.44 bits per heavy atom. The van der Waals surface area contributed by atoms with Crippen LogP contribution >= 0.6 is 0 Å². The van der Waals surface area contributed by atoms with Crippen LogP contribution in [-0.2, 0) is 4.74 Å². The SMILES string of the molecule is O=C(NCC1(O)CCOCC1)c1cncc(O)c1. The first-order valence-corrected chi connectivity index (χ1v) is 5.81. The summed E-state index contributed by atoms with van der Waals surface area (Å²) >= 11 is 0. The first-order valence-electron chi connectivity index (χ1n) is 5.81. The average Bonchev–Trinajstić information content (AvgIpc) is 2.37. The second kappa shape index (κ2) is 5.32. The Morgan fingerprint density at radius 3 is 2.83 bits per heavy atom. The Balaban J connectivity index is 1.92. The fraction of sp³-hybridized carbons (Fsp3) is 0.500. The van der Waals surface area contributed by atoms with Gasteiger partial charge in [0.05, 0.1) is 17.4 Å². The molecule has 6 nitrogen and oxygen atoms in total. The summed E-state index contributed by atoms with van der Waals surface area (Å²) in [6, 6.07) is 1.33. The van der Waals surface area contributed by atoms with E-state index in [2.05, 4.69) is 10.3 Å². The van der Waals surface area contributed by atoms with Crippen LogP contribution in [0.15, 0.2) is 18.5 Å². The number of aromatic hydroxyl groups is 1. The Hall–Kier alpha value is -1.66. The monoisotopic (exact) mass is 252 g/mol. The van der Waals surface area contributed by atoms with E-state index in [0.29, 0.717) is 26.1 Å². The van der Waals surface area contributed by atoms with Crippen LogP contribution in [0.2, 0.25) is 0 Å². The molecule has 3 N–H and O–H groups in total. The highest BCUT2D eigenvalue weighted by molar-refractivity contribution is 5.94. The molecule has 1 aliphatic rings. The Bertz CT molecular complexity index is 430. The third kappa shape index (κ3) is 3.18. The van der Waals surface area contributed by atoms with Gasteiger partial charge in [-0.1, -0.05) is 0 Å². The molecular formula is C12H16N2O4. The van der Waals surface area contributed by atoms with E-state index in [1.807, 2.05) is 0 Å². The summed E-state index contributed by atoms with van der Waals surface area (Å²) in [5, 5.41) is 22.0. The van der Waals surface area contributed by atoms with Crippen LogP contribution in [0.3, 0.4) is 0 Å². The van der Waals surface area contributed by atoms with Gasteiger partial charge in [0.1, 0.15) is 5.75 Å². The average molecular weight is 252 g/mol. The minimum atomic E-state index is -0.905. The zero-order valence-corrected chi connectivity index (χ0v) is 9.93. The van der Waals surface area contributed by atoms with Crippen molar-refractivity contribution in [3.63, 3.8) is 0 Å². The largest absolute Gasteiger partial charge is 0.506 e. The molecule has 0 unspecified atom stereocenters. The fourth-order valence-electron chi connectivity index (χ4n) is 1.83. The topological polar surface area (TPSA) is 91.7 Å². The molecule has 18 heavy (non-hydrogen) atoms. The van der Waals surface area contributed by atoms with Crippen molar-refractivity contribution in [3.8, 4) is 5.75 Å². The lowest BCUT2D eigenvalue weighted by Gasteiger charge is -2.32. The maximum absolute atomic E-state index is 11.8. The molecule has 2 rings (SSSR count). The molecule has 0 aromatic carbocycles. The van der Waals surface area contributed by atoms with Gasteiger partial charge < -0.3 is 20.3 Å². The first-order chi connectivity index (χ1) is 8.59. The van der Waals surface area contributed by atoms with E-state index >= 15 is 0 Å². The van der Waals surface area contributed by atoms with Crippen molar-refractivity contribution < 1.29 is 19.7 Å². The van der Waals surface area contributed by atoms with Crippen molar-refractivity contribution in [2.75, 3.05) is 19.8 Å². The van der Waals surface area contributed by atoms with Crippen LogP contribution in [-0.4, -0.2) is 46.5 Å². The maximum atomic E-state index is 11.8. The van der Waals surface area contributed by atoms with Gasteiger partial charge >= 0.3 is 0 Å². The van der Waals surface area contributed by atoms with Crippen LogP contribution in [0.4, 0.5) is 0 Å². The lowest BCUT2D eigenvalue weighted by molar-refractivity contribution is -0.0605. The quantitative estimate of drug-likeness (QED) is 0.707. The van der Waals surface area contributed by atoms with E-state index in [-0.39, 0.29) is 23.8 Å². The standard InChI is InChI=1S/C12H16N2O4/c15-10-5-9(6-13-7-10)11(16)14-8-12(17)1-3-18-4-2-12/h5-7,15,17H,1-4,8H2,(H,14,16). The van der Waals surface area contributed by atoms with Crippen molar-refractivity contribution in [1.82, 2.24) is 10.3 Å². The molecule has 0 bridgehead atoms. The van der Waals surface area contributed by atoms with Gasteiger partial charge in [-0.2, -0.15) is 0 Å². The molecule has 1 aromatic heterocycles. The zero-order valence-electron chi connectivity index (χ0n) is 9.93. The van der Waals surface area contributed by atoms with Crippen LogP contribution in [0.5, 0.6) is 5.75 Å². The maximum Gasteiger partial charge on any atom is 0.253 e. The van der Waals surface area contributed by atoms with E-state index < -0.39 is 5.60 Å². The third-order valence-corrected chi connectivity index (χ3v) is 2.99. The van der Waals surface area contributed by atoms with Crippen molar-refractivity contribution in [1.29, 1.82) is 0 Å². The zero-order chi connectivity index (χ0) is 13.0. The summed E-state index contributed by atoms with van der Waals surface area (Å²) in [5.41, 5.74) is -0.635. The van der Waals surface area contributed by atoms with E-state index in [0.717, 1.165) is 0 Å². The first kappa shape index (κ1) is 12.8. The number of nitrogens with zero attached hydrogens (tertiary/aromatic N) is 1. The molecule has 0 aliphatic carbocycles. The molecule has 1 fully saturated rings. The number of aromatic nitrogens is 1. The lowest BCUT2D eigenvalue weighted by Crippen LogP contribution is -2.46. The summed E-state index contributed by atoms with van der Waals surface area (Å²) in [5.74, 6) is -0.425. The van der Waals surface area contributed by atoms with Gasteiger partial charge in [-0.3, -0.25) is 9.78 Å². The number of rotatable bonds is 3. The minimum Gasteiger partial charge on any atom is -0.506 e. The molecule has 1 aromatic rings. The van der Waals surface area contributed by atoms with Gasteiger partial charge in [0, 0.05) is 38.8 Å². The highest BCUT2D eigenvalue weighted by Gasteiger charge is 2.30. The summed E-state index contributed by atoms with van der Waals surface area (Å²) in [6.07, 6.45) is 3.63. The van der Waals surface area contributed by atoms with E-state index in [9.17, 15) is 15.0 Å². The summed E-state index contributed by atoms with van der Waals surface area (Å²) < 4.78 is 5.16. The van der Waals surface area contributed by atoms with E-state index in [4.69, 9.17) is 4.74 Å². The fourth-order valence-corrected chi connectivity index (χ4v) is 1.83. The van der Waals surface area contributed by atoms with Crippen LogP contribution in [0.25, 0.3) is 0 Å². The van der Waals surface area contributed by atoms with Gasteiger partial charge in [-0.05, 0) is 6.07 Å². The van der Waals surface area contributed by atoms with E-state index in [1.54, 1.807) is 0 Å². The number of hydrogen-bond acceptors (Lipinski definition) is 5. The second-order valence-corrected chi connectivity index (χ2v) is 4.45. The number of carbonyl (C=O) groups excluding carboxylic acids is 1. The molecule has 0 spiro atoms. The Labute approximate surface area is 105 Å². The van der Waals surface area contributed by atoms with Gasteiger partial charge in [-0.25, -0.2) is 0 Å². The molecule has 0 saturated carbocycles. The normalized spacial score (nSPS) is 18.3. The molecule has 98 valence electrons. The second-order valence-electron chi connectivity index (χ2n) is 4.45. The van der Waals surface area contributed by atoms with Gasteiger partial charge in [0.25, 0.3) is 5.91 Å². The van der Waals surface area contributed by atoms with Crippen molar-refractivity contribution >= 4 is 5.91 Å². The molecule has 0 atom stereocenters. The lowest BCUT2D eigenvalue weighted by atomic mass is 9.94. The summed E-state index contributed by atoms with van der Waals surface area (Å²) in [6.45, 7) is 1.17. The van der Waals surface area contributed by atoms with Crippen molar-refractivity contribution in [2.45, 2.75) is 18.4 Å². The number of hydrogen-bond donors (Lipinski definition) is 3. The summed E-state index contributed by atoms with van der Waals surface area (Å²) in [7, 11) is 0. The molecule has 6 heteroatoms. The molecule has 2 heterocycles. The molecule has 0 radical (unpaired) electrons. The van der Waals surface area contributed by atoms with E-state index in [1.165, 1.54) is 18.5 Å². The number of carbonyl (C=O) groups is 1.